The van der Waals surface area contributed by atoms with Gasteiger partial charge in [0.2, 0.25) is 0 Å². The van der Waals surface area contributed by atoms with Crippen LogP contribution >= 0.6 is 11.6 Å². The highest BCUT2D eigenvalue weighted by molar-refractivity contribution is 6.31. The highest BCUT2D eigenvalue weighted by Crippen LogP contribution is 2.21. The van der Waals surface area contributed by atoms with E-state index < -0.39 is 11.9 Å². The van der Waals surface area contributed by atoms with Crippen LogP contribution in [-0.4, -0.2) is 22.1 Å². The summed E-state index contributed by atoms with van der Waals surface area (Å²) in [5.74, 6) is -1.62. The molecular formula is C15H12ClNO4. The van der Waals surface area contributed by atoms with E-state index >= 15 is 0 Å². The SMILES string of the molecule is O=C(O)c1ccc(CNC(=O)c2cc(Cl)ccc2O)cc1. The van der Waals surface area contributed by atoms with E-state index in [1.807, 2.05) is 0 Å². The van der Waals surface area contributed by atoms with Gasteiger partial charge in [-0.2, -0.15) is 0 Å². The molecule has 0 bridgehead atoms. The van der Waals surface area contributed by atoms with Gasteiger partial charge in [-0.1, -0.05) is 23.7 Å². The number of carbonyl (C=O) groups is 2. The number of hydrogen-bond acceptors (Lipinski definition) is 3. The lowest BCUT2D eigenvalue weighted by Gasteiger charge is -2.07. The number of hydrogen-bond donors (Lipinski definition) is 3. The largest absolute Gasteiger partial charge is 0.507 e. The topological polar surface area (TPSA) is 86.6 Å². The third-order valence-corrected chi connectivity index (χ3v) is 3.09. The van der Waals surface area contributed by atoms with Gasteiger partial charge in [0.05, 0.1) is 11.1 Å². The van der Waals surface area contributed by atoms with E-state index in [-0.39, 0.29) is 23.4 Å². The summed E-state index contributed by atoms with van der Waals surface area (Å²) in [6.07, 6.45) is 0. The maximum absolute atomic E-state index is 11.9. The van der Waals surface area contributed by atoms with Crippen molar-refractivity contribution in [1.29, 1.82) is 0 Å². The molecule has 0 saturated heterocycles. The van der Waals surface area contributed by atoms with Crippen LogP contribution < -0.4 is 5.32 Å². The van der Waals surface area contributed by atoms with Gasteiger partial charge in [0.15, 0.2) is 0 Å². The summed E-state index contributed by atoms with van der Waals surface area (Å²) >= 11 is 5.78. The van der Waals surface area contributed by atoms with Crippen molar-refractivity contribution in [2.75, 3.05) is 0 Å². The van der Waals surface area contributed by atoms with Gasteiger partial charge < -0.3 is 15.5 Å². The number of nitrogens with one attached hydrogen (secondary N) is 1. The maximum atomic E-state index is 11.9. The number of halogens is 1. The Hall–Kier alpha value is -2.53. The lowest BCUT2D eigenvalue weighted by molar-refractivity contribution is 0.0696. The van der Waals surface area contributed by atoms with E-state index in [4.69, 9.17) is 16.7 Å². The number of benzene rings is 2. The molecule has 0 aliphatic rings. The van der Waals surface area contributed by atoms with E-state index in [1.165, 1.54) is 30.3 Å². The number of rotatable bonds is 4. The molecule has 0 fully saturated rings. The molecule has 108 valence electrons. The second-order valence-corrected chi connectivity index (χ2v) is 4.78. The third-order valence-electron chi connectivity index (χ3n) is 2.86. The number of carboxylic acid groups (broad SMARTS) is 1. The normalized spacial score (nSPS) is 10.1. The molecule has 0 unspecified atom stereocenters. The summed E-state index contributed by atoms with van der Waals surface area (Å²) in [7, 11) is 0. The fourth-order valence-electron chi connectivity index (χ4n) is 1.73. The van der Waals surface area contributed by atoms with Crippen LogP contribution in [0.15, 0.2) is 42.5 Å². The molecule has 0 atom stereocenters. The molecule has 2 rings (SSSR count). The predicted molar refractivity (Wildman–Crippen MR) is 77.7 cm³/mol. The van der Waals surface area contributed by atoms with Crippen molar-refractivity contribution in [1.82, 2.24) is 5.32 Å². The first kappa shape index (κ1) is 14.9. The zero-order valence-electron chi connectivity index (χ0n) is 10.8. The zero-order valence-corrected chi connectivity index (χ0v) is 11.6. The van der Waals surface area contributed by atoms with Gasteiger partial charge in [0, 0.05) is 11.6 Å². The Labute approximate surface area is 125 Å². The number of phenols is 1. The molecule has 0 saturated carbocycles. The Kier molecular flexibility index (Phi) is 4.45. The summed E-state index contributed by atoms with van der Waals surface area (Å²) in [5.41, 5.74) is 1.01. The average Bonchev–Trinajstić information content (AvgIpc) is 2.47. The first-order valence-electron chi connectivity index (χ1n) is 6.06. The summed E-state index contributed by atoms with van der Waals surface area (Å²) in [6.45, 7) is 0.213. The molecule has 2 aromatic carbocycles. The molecular weight excluding hydrogens is 294 g/mol. The lowest BCUT2D eigenvalue weighted by Crippen LogP contribution is -2.22. The molecule has 21 heavy (non-hydrogen) atoms. The van der Waals surface area contributed by atoms with Crippen LogP contribution in [0.4, 0.5) is 0 Å². The van der Waals surface area contributed by atoms with Crippen molar-refractivity contribution >= 4 is 23.5 Å². The van der Waals surface area contributed by atoms with Crippen molar-refractivity contribution in [3.8, 4) is 5.75 Å². The zero-order chi connectivity index (χ0) is 15.4. The molecule has 0 heterocycles. The van der Waals surface area contributed by atoms with Crippen molar-refractivity contribution in [2.45, 2.75) is 6.54 Å². The second kappa shape index (κ2) is 6.28. The van der Waals surface area contributed by atoms with Crippen LogP contribution in [0.3, 0.4) is 0 Å². The van der Waals surface area contributed by atoms with Crippen LogP contribution in [0.2, 0.25) is 5.02 Å². The standard InChI is InChI=1S/C15H12ClNO4/c16-11-5-6-13(18)12(7-11)14(19)17-8-9-1-3-10(4-2-9)15(20)21/h1-7,18H,8H2,(H,17,19)(H,20,21). The Morgan fingerprint density at radius 1 is 1.10 bits per heavy atom. The van der Waals surface area contributed by atoms with Crippen LogP contribution in [0.5, 0.6) is 5.75 Å². The molecule has 0 aliphatic carbocycles. The molecule has 0 radical (unpaired) electrons. The maximum Gasteiger partial charge on any atom is 0.335 e. The van der Waals surface area contributed by atoms with Crippen molar-refractivity contribution < 1.29 is 19.8 Å². The summed E-state index contributed by atoms with van der Waals surface area (Å²) in [5, 5.41) is 21.4. The fraction of sp³-hybridized carbons (Fsp3) is 0.0667. The first-order valence-corrected chi connectivity index (χ1v) is 6.44. The van der Waals surface area contributed by atoms with Crippen LogP contribution in [0.1, 0.15) is 26.3 Å². The van der Waals surface area contributed by atoms with E-state index in [9.17, 15) is 14.7 Å². The Balaban J connectivity index is 2.04. The number of aromatic carboxylic acids is 1. The summed E-state index contributed by atoms with van der Waals surface area (Å²) < 4.78 is 0. The molecule has 0 aromatic heterocycles. The number of carboxylic acids is 1. The van der Waals surface area contributed by atoms with E-state index in [2.05, 4.69) is 5.32 Å². The van der Waals surface area contributed by atoms with Crippen LogP contribution in [-0.2, 0) is 6.54 Å². The van der Waals surface area contributed by atoms with Gasteiger partial charge in [0.25, 0.3) is 5.91 Å². The van der Waals surface area contributed by atoms with Crippen molar-refractivity contribution in [2.24, 2.45) is 0 Å². The Bertz CT molecular complexity index is 683. The summed E-state index contributed by atoms with van der Waals surface area (Å²) in [6, 6.07) is 10.3. The summed E-state index contributed by atoms with van der Waals surface area (Å²) in [4.78, 5) is 22.7. The number of aromatic hydroxyl groups is 1. The smallest absolute Gasteiger partial charge is 0.335 e. The second-order valence-electron chi connectivity index (χ2n) is 4.35. The minimum Gasteiger partial charge on any atom is -0.507 e. The highest BCUT2D eigenvalue weighted by Gasteiger charge is 2.11. The van der Waals surface area contributed by atoms with Crippen LogP contribution in [0, 0.1) is 0 Å². The van der Waals surface area contributed by atoms with Gasteiger partial charge in [-0.25, -0.2) is 4.79 Å². The molecule has 5 nitrogen and oxygen atoms in total. The van der Waals surface area contributed by atoms with E-state index in [1.54, 1.807) is 12.1 Å². The lowest BCUT2D eigenvalue weighted by atomic mass is 10.1. The van der Waals surface area contributed by atoms with Gasteiger partial charge in [-0.05, 0) is 35.9 Å². The molecule has 0 aliphatic heterocycles. The van der Waals surface area contributed by atoms with Gasteiger partial charge in [-0.15, -0.1) is 0 Å². The highest BCUT2D eigenvalue weighted by atomic mass is 35.5. The van der Waals surface area contributed by atoms with Gasteiger partial charge in [0.1, 0.15) is 5.75 Å². The monoisotopic (exact) mass is 305 g/mol. The van der Waals surface area contributed by atoms with E-state index in [0.29, 0.717) is 5.02 Å². The Morgan fingerprint density at radius 3 is 2.38 bits per heavy atom. The number of carbonyl (C=O) groups excluding carboxylic acids is 1. The predicted octanol–water partition coefficient (Wildman–Crippen LogP) is 2.67. The Morgan fingerprint density at radius 2 is 1.76 bits per heavy atom. The molecule has 6 heteroatoms. The number of amides is 1. The number of phenolic OH excluding ortho intramolecular Hbond substituents is 1. The first-order chi connectivity index (χ1) is 9.97. The van der Waals surface area contributed by atoms with Gasteiger partial charge in [-0.3, -0.25) is 4.79 Å². The molecule has 3 N–H and O–H groups in total. The minimum absolute atomic E-state index is 0.0876. The quantitative estimate of drug-likeness (QED) is 0.810. The fourth-order valence-corrected chi connectivity index (χ4v) is 1.90. The van der Waals surface area contributed by atoms with Gasteiger partial charge >= 0.3 is 5.97 Å². The molecule has 0 spiro atoms. The third kappa shape index (κ3) is 3.73. The minimum atomic E-state index is -1.01. The molecule has 2 aromatic rings. The van der Waals surface area contributed by atoms with Crippen molar-refractivity contribution in [3.63, 3.8) is 0 Å². The molecule has 1 amide bonds. The van der Waals surface area contributed by atoms with Crippen molar-refractivity contribution in [3.05, 3.63) is 64.2 Å². The average molecular weight is 306 g/mol. The van der Waals surface area contributed by atoms with E-state index in [0.717, 1.165) is 5.56 Å². The van der Waals surface area contributed by atoms with Crippen LogP contribution in [0.25, 0.3) is 0 Å².